The van der Waals surface area contributed by atoms with Crippen molar-refractivity contribution in [2.45, 2.75) is 13.5 Å². The number of nitrogens with one attached hydrogen (secondary N) is 1. The van der Waals surface area contributed by atoms with Crippen LogP contribution in [0.15, 0.2) is 35.7 Å². The van der Waals surface area contributed by atoms with Gasteiger partial charge < -0.3 is 19.5 Å². The molecule has 1 aromatic carbocycles. The van der Waals surface area contributed by atoms with Crippen LogP contribution < -0.4 is 14.8 Å². The van der Waals surface area contributed by atoms with Crippen molar-refractivity contribution in [1.82, 2.24) is 5.32 Å². The van der Waals surface area contributed by atoms with Crippen LogP contribution in [0.4, 0.5) is 0 Å². The van der Waals surface area contributed by atoms with Crippen LogP contribution in [0.2, 0.25) is 0 Å². The molecule has 1 aromatic heterocycles. The number of ether oxygens (including phenoxy) is 3. The van der Waals surface area contributed by atoms with Crippen LogP contribution in [0.3, 0.4) is 0 Å². The lowest BCUT2D eigenvalue weighted by Crippen LogP contribution is -2.28. The first-order chi connectivity index (χ1) is 11.6. The fraction of sp³-hybridized carbons (Fsp3) is 0.294. The molecular weight excluding hydrogens is 330 g/mol. The molecule has 1 N–H and O–H groups in total. The summed E-state index contributed by atoms with van der Waals surface area (Å²) in [5, 5.41) is 4.62. The van der Waals surface area contributed by atoms with E-state index in [2.05, 4.69) is 5.32 Å². The summed E-state index contributed by atoms with van der Waals surface area (Å²) in [4.78, 5) is 24.8. The number of thiophene rings is 1. The second-order valence-electron chi connectivity index (χ2n) is 4.73. The summed E-state index contributed by atoms with van der Waals surface area (Å²) in [5.41, 5.74) is 0.293. The van der Waals surface area contributed by atoms with E-state index in [0.29, 0.717) is 30.2 Å². The summed E-state index contributed by atoms with van der Waals surface area (Å²) >= 11 is 1.55. The quantitative estimate of drug-likeness (QED) is 0.742. The first-order valence-electron chi connectivity index (χ1n) is 7.41. The minimum atomic E-state index is -0.595. The Kier molecular flexibility index (Phi) is 6.62. The molecule has 2 aromatic rings. The van der Waals surface area contributed by atoms with Gasteiger partial charge in [0.1, 0.15) is 0 Å². The van der Waals surface area contributed by atoms with Crippen LogP contribution in [0, 0.1) is 0 Å². The van der Waals surface area contributed by atoms with Crippen molar-refractivity contribution in [3.8, 4) is 11.5 Å². The molecular formula is C17H19NO5S. The first kappa shape index (κ1) is 17.8. The Balaban J connectivity index is 1.86. The molecule has 0 saturated carbocycles. The van der Waals surface area contributed by atoms with Crippen molar-refractivity contribution >= 4 is 23.2 Å². The van der Waals surface area contributed by atoms with Gasteiger partial charge in [0.15, 0.2) is 18.1 Å². The van der Waals surface area contributed by atoms with E-state index < -0.39 is 5.97 Å². The molecule has 0 fully saturated rings. The molecule has 0 bridgehead atoms. The topological polar surface area (TPSA) is 73.9 Å². The Morgan fingerprint density at radius 3 is 2.71 bits per heavy atom. The maximum atomic E-state index is 12.0. The maximum absolute atomic E-state index is 12.0. The number of benzene rings is 1. The molecule has 7 heteroatoms. The third kappa shape index (κ3) is 4.99. The zero-order chi connectivity index (χ0) is 17.4. The number of hydrogen-bond acceptors (Lipinski definition) is 6. The molecule has 0 atom stereocenters. The lowest BCUT2D eigenvalue weighted by Gasteiger charge is -2.11. The van der Waals surface area contributed by atoms with Gasteiger partial charge in [0.2, 0.25) is 0 Å². The largest absolute Gasteiger partial charge is 0.493 e. The Morgan fingerprint density at radius 1 is 1.21 bits per heavy atom. The predicted octanol–water partition coefficient (Wildman–Crippen LogP) is 2.63. The zero-order valence-electron chi connectivity index (χ0n) is 13.5. The number of carbonyl (C=O) groups excluding carboxylic acids is 2. The van der Waals surface area contributed by atoms with Gasteiger partial charge in [-0.25, -0.2) is 4.79 Å². The molecule has 0 radical (unpaired) electrons. The number of rotatable bonds is 8. The molecule has 0 aliphatic rings. The number of amides is 1. The van der Waals surface area contributed by atoms with Gasteiger partial charge in [-0.15, -0.1) is 11.3 Å². The highest BCUT2D eigenvalue weighted by molar-refractivity contribution is 7.09. The minimum absolute atomic E-state index is 0.293. The highest BCUT2D eigenvalue weighted by Crippen LogP contribution is 2.28. The van der Waals surface area contributed by atoms with E-state index >= 15 is 0 Å². The van der Waals surface area contributed by atoms with Crippen LogP contribution in [-0.4, -0.2) is 32.2 Å². The molecule has 0 aliphatic carbocycles. The van der Waals surface area contributed by atoms with E-state index in [4.69, 9.17) is 14.2 Å². The van der Waals surface area contributed by atoms with Gasteiger partial charge in [0.05, 0.1) is 25.8 Å². The molecule has 2 rings (SSSR count). The maximum Gasteiger partial charge on any atom is 0.338 e. The first-order valence-corrected chi connectivity index (χ1v) is 8.29. The van der Waals surface area contributed by atoms with Crippen LogP contribution in [-0.2, 0) is 16.1 Å². The lowest BCUT2D eigenvalue weighted by molar-refractivity contribution is -0.124. The third-order valence-electron chi connectivity index (χ3n) is 3.07. The van der Waals surface area contributed by atoms with Crippen LogP contribution in [0.1, 0.15) is 22.2 Å². The summed E-state index contributed by atoms with van der Waals surface area (Å²) in [6.45, 7) is 2.44. The van der Waals surface area contributed by atoms with E-state index in [9.17, 15) is 9.59 Å². The van der Waals surface area contributed by atoms with Crippen LogP contribution in [0.25, 0.3) is 0 Å². The van der Waals surface area contributed by atoms with Gasteiger partial charge >= 0.3 is 5.97 Å². The van der Waals surface area contributed by atoms with E-state index in [-0.39, 0.29) is 12.5 Å². The van der Waals surface area contributed by atoms with Gasteiger partial charge in [-0.05, 0) is 36.6 Å². The summed E-state index contributed by atoms with van der Waals surface area (Å²) < 4.78 is 15.6. The summed E-state index contributed by atoms with van der Waals surface area (Å²) in [5.74, 6) is 0.0379. The monoisotopic (exact) mass is 349 g/mol. The molecule has 128 valence electrons. The molecule has 0 unspecified atom stereocenters. The molecule has 0 saturated heterocycles. The predicted molar refractivity (Wildman–Crippen MR) is 90.6 cm³/mol. The van der Waals surface area contributed by atoms with Gasteiger partial charge in [-0.3, -0.25) is 4.79 Å². The second kappa shape index (κ2) is 8.93. The van der Waals surface area contributed by atoms with Crippen molar-refractivity contribution in [3.63, 3.8) is 0 Å². The molecule has 1 heterocycles. The molecule has 24 heavy (non-hydrogen) atoms. The van der Waals surface area contributed by atoms with Crippen molar-refractivity contribution in [2.75, 3.05) is 20.3 Å². The van der Waals surface area contributed by atoms with E-state index in [0.717, 1.165) is 4.88 Å². The summed E-state index contributed by atoms with van der Waals surface area (Å²) in [6, 6.07) is 8.56. The molecule has 1 amide bonds. The Bertz CT molecular complexity index is 684. The zero-order valence-corrected chi connectivity index (χ0v) is 14.4. The van der Waals surface area contributed by atoms with Crippen molar-refractivity contribution in [2.24, 2.45) is 0 Å². The highest BCUT2D eigenvalue weighted by Gasteiger charge is 2.14. The second-order valence-corrected chi connectivity index (χ2v) is 5.76. The summed E-state index contributed by atoms with van der Waals surface area (Å²) in [6.07, 6.45) is 0. The SMILES string of the molecule is CCOc1ccc(C(=O)OCC(=O)NCc2cccs2)cc1OC. The Hall–Kier alpha value is -2.54. The molecule has 0 aliphatic heterocycles. The van der Waals surface area contributed by atoms with Crippen molar-refractivity contribution < 1.29 is 23.8 Å². The normalized spacial score (nSPS) is 10.1. The fourth-order valence-corrected chi connectivity index (χ4v) is 2.58. The lowest BCUT2D eigenvalue weighted by atomic mass is 10.2. The average molecular weight is 349 g/mol. The van der Waals surface area contributed by atoms with Gasteiger partial charge in [-0.2, -0.15) is 0 Å². The van der Waals surface area contributed by atoms with E-state index in [1.807, 2.05) is 24.4 Å². The minimum Gasteiger partial charge on any atom is -0.493 e. The van der Waals surface area contributed by atoms with E-state index in [1.165, 1.54) is 13.2 Å². The van der Waals surface area contributed by atoms with Gasteiger partial charge in [0, 0.05) is 4.88 Å². The standard InChI is InChI=1S/C17H19NO5S/c1-3-22-14-7-6-12(9-15(14)21-2)17(20)23-11-16(19)18-10-13-5-4-8-24-13/h4-9H,3,10-11H2,1-2H3,(H,18,19). The van der Waals surface area contributed by atoms with Crippen molar-refractivity contribution in [3.05, 3.63) is 46.2 Å². The van der Waals surface area contributed by atoms with Crippen LogP contribution in [0.5, 0.6) is 11.5 Å². The Morgan fingerprint density at radius 2 is 2.04 bits per heavy atom. The molecule has 0 spiro atoms. The Labute approximate surface area is 144 Å². The highest BCUT2D eigenvalue weighted by atomic mass is 32.1. The van der Waals surface area contributed by atoms with Gasteiger partial charge in [-0.1, -0.05) is 6.07 Å². The van der Waals surface area contributed by atoms with Crippen LogP contribution >= 0.6 is 11.3 Å². The number of esters is 1. The summed E-state index contributed by atoms with van der Waals surface area (Å²) in [7, 11) is 1.49. The van der Waals surface area contributed by atoms with Gasteiger partial charge in [0.25, 0.3) is 5.91 Å². The molecule has 6 nitrogen and oxygen atoms in total. The van der Waals surface area contributed by atoms with Crippen molar-refractivity contribution in [1.29, 1.82) is 0 Å². The fourth-order valence-electron chi connectivity index (χ4n) is 1.93. The number of methoxy groups -OCH3 is 1. The third-order valence-corrected chi connectivity index (χ3v) is 3.95. The number of carbonyl (C=O) groups is 2. The number of hydrogen-bond donors (Lipinski definition) is 1. The van der Waals surface area contributed by atoms with E-state index in [1.54, 1.807) is 23.5 Å². The average Bonchev–Trinajstić information content (AvgIpc) is 3.12. The smallest absolute Gasteiger partial charge is 0.338 e.